The van der Waals surface area contributed by atoms with Crippen molar-refractivity contribution >= 4 is 17.9 Å². The van der Waals surface area contributed by atoms with Crippen molar-refractivity contribution in [1.29, 1.82) is 0 Å². The Bertz CT molecular complexity index is 1470. The Morgan fingerprint density at radius 2 is 0.985 bits per heavy atom. The van der Waals surface area contributed by atoms with Crippen molar-refractivity contribution in [3.05, 3.63) is 224 Å². The molecule has 1 aromatic rings. The Morgan fingerprint density at radius 3 is 1.34 bits per heavy atom. The van der Waals surface area contributed by atoms with Crippen LogP contribution < -0.4 is 21.9 Å². The zero-order valence-corrected chi connectivity index (χ0v) is 40.7. The van der Waals surface area contributed by atoms with Crippen LogP contribution in [0.5, 0.6) is 0 Å². The van der Waals surface area contributed by atoms with Crippen molar-refractivity contribution in [3.63, 3.8) is 0 Å². The second-order valence-electron chi connectivity index (χ2n) is 14.5. The zero-order valence-electron chi connectivity index (χ0n) is 37.4. The minimum atomic E-state index is -1.11. The molecule has 0 atom stereocenters. The van der Waals surface area contributed by atoms with E-state index >= 15 is 0 Å². The van der Waals surface area contributed by atoms with Crippen LogP contribution in [0.1, 0.15) is 5.56 Å². The number of nitrogens with zero attached hydrogens (tertiary/aromatic N) is 2. The van der Waals surface area contributed by atoms with Crippen LogP contribution >= 0.6 is 0 Å². The van der Waals surface area contributed by atoms with E-state index in [1.165, 1.54) is 20.2 Å². The number of ether oxygens (including phenoxy) is 4. The fraction of sp³-hybridized carbons (Fsp3) is 0.260. The number of esters is 1. The van der Waals surface area contributed by atoms with Crippen LogP contribution in [0.3, 0.4) is 0 Å². The number of H-pyrrole nitrogens is 1. The van der Waals surface area contributed by atoms with Gasteiger partial charge in [0.15, 0.2) is 0 Å². The Balaban J connectivity index is 0.00000105. The van der Waals surface area contributed by atoms with Crippen molar-refractivity contribution in [1.82, 2.24) is 25.1 Å². The van der Waals surface area contributed by atoms with Crippen LogP contribution in [-0.4, -0.2) is 104 Å². The van der Waals surface area contributed by atoms with Gasteiger partial charge in [-0.1, -0.05) is 0 Å². The first-order chi connectivity index (χ1) is 31.2. The minimum absolute atomic E-state index is 0. The summed E-state index contributed by atoms with van der Waals surface area (Å²) in [5.41, 5.74) is -2.20. The summed E-state index contributed by atoms with van der Waals surface area (Å²) in [6.07, 6.45) is 54.4. The molecule has 0 aliphatic heterocycles. The fourth-order valence-electron chi connectivity index (χ4n) is 5.90. The predicted molar refractivity (Wildman–Crippen MR) is 242 cm³/mol. The Hall–Kier alpha value is -1.67. The molecule has 354 valence electrons. The largest absolute Gasteiger partial charge is 2.00 e. The van der Waals surface area contributed by atoms with Crippen molar-refractivity contribution < 1.29 is 84.5 Å². The van der Waals surface area contributed by atoms with Gasteiger partial charge in [-0.05, 0) is 180 Å². The number of hydrogen-bond acceptors (Lipinski definition) is 9. The molecule has 6 saturated carbocycles. The molecule has 6 fully saturated rings. The van der Waals surface area contributed by atoms with Crippen molar-refractivity contribution in [2.45, 2.75) is 19.0 Å². The molecule has 67 heavy (non-hydrogen) atoms. The summed E-state index contributed by atoms with van der Waals surface area (Å²) >= 11 is 0. The van der Waals surface area contributed by atoms with Gasteiger partial charge in [0.2, 0.25) is 5.91 Å². The number of carbonyl (C=O) groups is 3. The third-order valence-electron chi connectivity index (χ3n) is 9.24. The van der Waals surface area contributed by atoms with E-state index < -0.39 is 47.8 Å². The number of carbonyl (C=O) groups excluding carboxylic acids is 3. The third kappa shape index (κ3) is 26.9. The Morgan fingerprint density at radius 1 is 0.612 bits per heavy atom. The van der Waals surface area contributed by atoms with Crippen LogP contribution in [0.25, 0.3) is 0 Å². The number of amides is 3. The normalized spacial score (nSPS) is 18.1. The monoisotopic (exact) mass is 1040 g/mol. The maximum absolute atomic E-state index is 13.4. The first-order valence-corrected chi connectivity index (χ1v) is 20.7. The average Bonchev–Trinajstić information content (AvgIpc) is 4.15. The molecule has 6 aliphatic rings. The molecule has 0 aromatic carbocycles. The predicted octanol–water partition coefficient (Wildman–Crippen LogP) is 3.21. The first kappa shape index (κ1) is 63.3. The van der Waals surface area contributed by atoms with Crippen LogP contribution in [0.15, 0.2) is 15.8 Å². The maximum atomic E-state index is 13.4. The van der Waals surface area contributed by atoms with Gasteiger partial charge in [0, 0.05) is 42.6 Å². The number of hydrogen-bond donors (Lipinski definition) is 3. The molecule has 0 spiro atoms. The number of nitrogens with one attached hydrogen (secondary N) is 3. The van der Waals surface area contributed by atoms with E-state index in [2.05, 4.69) is 15.6 Å². The number of aryl methyl sites for hydroxylation is 1. The van der Waals surface area contributed by atoms with Gasteiger partial charge in [0.1, 0.15) is 18.6 Å². The molecule has 30 radical (unpaired) electrons. The number of aromatic amines is 1. The molecule has 3 N–H and O–H groups in total. The van der Waals surface area contributed by atoms with E-state index in [4.69, 9.17) is 18.9 Å². The minimum Gasteiger partial charge on any atom is -0.468 e. The van der Waals surface area contributed by atoms with Gasteiger partial charge in [-0.2, -0.15) is 0 Å². The molecule has 7 rings (SSSR count). The third-order valence-corrected chi connectivity index (χ3v) is 9.24. The summed E-state index contributed by atoms with van der Waals surface area (Å²) in [5, 5.41) is 5.72. The number of urea groups is 1. The summed E-state index contributed by atoms with van der Waals surface area (Å²) < 4.78 is 24.0. The SMILES string of the molecule is COC(=O)CN(CCNC(=O)NC(COC[C]1[CH][CH][CH][CH]1)(COC[C]1[CH][CH][CH][CH]1)COC[C]1[CH][CH][CH][CH]1)C(=O)Cn1cc(C)c(=O)[nH]c1=O.[CH]1[CH][CH][CH][CH]1.[CH]1[CH][CH][CH][CH]1.[CH]1[CH][CH][CH][CH]1.[Fe+2].[Fe+2].[Fe+2]. The molecule has 1 heterocycles. The molecule has 0 bridgehead atoms. The van der Waals surface area contributed by atoms with E-state index in [9.17, 15) is 24.0 Å². The van der Waals surface area contributed by atoms with Crippen molar-refractivity contribution in [2.75, 3.05) is 66.4 Å². The molecule has 0 saturated heterocycles. The van der Waals surface area contributed by atoms with Crippen LogP contribution in [0.2, 0.25) is 0 Å². The molecule has 6 aliphatic carbocycles. The standard InChI is InChI=1S/C35H42N5O9.3C5H5.3Fe/c1-26-17-40(34(45)37-32(26)43)18-30(41)39(19-31(42)46-2)16-15-36-33(44)38-35(23-47-20-27-9-3-4-10-27,24-48-21-28-11-5-6-12-28)25-49-22-29-13-7-8-14-29;3*1-2-4-5-3-1;;;/h3-14,17H,15-16,18-25H2,1-2H3,(H2,36,38,44)(H,37,43,45);3*1-5H;;;/q;;;;3*+2. The van der Waals surface area contributed by atoms with E-state index in [-0.39, 0.29) is 89.7 Å². The molecular formula is C50H57Fe3N5O9+6. The van der Waals surface area contributed by atoms with Gasteiger partial charge in [-0.15, -0.1) is 0 Å². The summed E-state index contributed by atoms with van der Waals surface area (Å²) in [4.78, 5) is 65.9. The van der Waals surface area contributed by atoms with Crippen LogP contribution in [0.4, 0.5) is 4.79 Å². The van der Waals surface area contributed by atoms with E-state index in [0.717, 1.165) is 27.2 Å². The van der Waals surface area contributed by atoms with Gasteiger partial charge in [-0.25, -0.2) is 9.59 Å². The number of aromatic nitrogens is 2. The Labute approximate surface area is 434 Å². The molecule has 0 unspecified atom stereocenters. The summed E-state index contributed by atoms with van der Waals surface area (Å²) in [6, 6.07) is -0.580. The molecule has 3 amide bonds. The molecule has 17 heteroatoms. The van der Waals surface area contributed by atoms with Crippen LogP contribution in [-0.2, 0) is 86.3 Å². The maximum Gasteiger partial charge on any atom is 2.00 e. The topological polar surface area (TPSA) is 170 Å². The van der Waals surface area contributed by atoms with E-state index in [1.807, 2.05) is 173 Å². The molecular weight excluding hydrogens is 982 g/mol. The average molecular weight is 1040 g/mol. The van der Waals surface area contributed by atoms with Gasteiger partial charge in [0.25, 0.3) is 5.56 Å². The van der Waals surface area contributed by atoms with Gasteiger partial charge in [0.05, 0.1) is 46.8 Å². The first-order valence-electron chi connectivity index (χ1n) is 20.7. The summed E-state index contributed by atoms with van der Waals surface area (Å²) in [5.74, 6) is 1.64. The fourth-order valence-corrected chi connectivity index (χ4v) is 5.90. The van der Waals surface area contributed by atoms with Crippen molar-refractivity contribution in [2.24, 2.45) is 0 Å². The second kappa shape index (κ2) is 38.1. The second-order valence-corrected chi connectivity index (χ2v) is 14.5. The number of methoxy groups -OCH3 is 1. The summed E-state index contributed by atoms with van der Waals surface area (Å²) in [7, 11) is 1.19. The quantitative estimate of drug-likeness (QED) is 0.131. The number of rotatable bonds is 20. The smallest absolute Gasteiger partial charge is 0.468 e. The summed E-state index contributed by atoms with van der Waals surface area (Å²) in [6.45, 7) is 1.63. The van der Waals surface area contributed by atoms with Crippen molar-refractivity contribution in [3.8, 4) is 0 Å². The Kier molecular flexibility index (Phi) is 36.0. The molecule has 1 aromatic heterocycles. The van der Waals surface area contributed by atoms with Gasteiger partial charge in [-0.3, -0.25) is 23.9 Å². The van der Waals surface area contributed by atoms with E-state index in [1.54, 1.807) is 0 Å². The molecule has 14 nitrogen and oxygen atoms in total. The zero-order chi connectivity index (χ0) is 45.7. The van der Waals surface area contributed by atoms with Gasteiger partial charge >= 0.3 is 68.9 Å². The van der Waals surface area contributed by atoms with Crippen LogP contribution in [0, 0.1) is 198 Å². The van der Waals surface area contributed by atoms with E-state index in [0.29, 0.717) is 19.8 Å². The van der Waals surface area contributed by atoms with Gasteiger partial charge < -0.3 is 34.5 Å².